The first-order valence-corrected chi connectivity index (χ1v) is 8.24. The van der Waals surface area contributed by atoms with Gasteiger partial charge in [-0.05, 0) is 54.8 Å². The van der Waals surface area contributed by atoms with Crippen molar-refractivity contribution in [2.45, 2.75) is 18.3 Å². The zero-order chi connectivity index (χ0) is 16.3. The van der Waals surface area contributed by atoms with Crippen molar-refractivity contribution in [1.29, 1.82) is 0 Å². The lowest BCUT2D eigenvalue weighted by Crippen LogP contribution is -2.35. The van der Waals surface area contributed by atoms with Gasteiger partial charge in [0.15, 0.2) is 6.61 Å². The van der Waals surface area contributed by atoms with E-state index in [2.05, 4.69) is 5.32 Å². The Balaban J connectivity index is 1.49. The highest BCUT2D eigenvalue weighted by atomic mass is 35.5. The fraction of sp³-hybridized carbons (Fsp3) is 0.278. The molecule has 0 saturated heterocycles. The molecule has 1 fully saturated rings. The Hall–Kier alpha value is -1.71. The molecule has 1 aliphatic rings. The lowest BCUT2D eigenvalue weighted by Gasteiger charge is -2.17. The number of halogens is 2. The molecule has 23 heavy (non-hydrogen) atoms. The van der Waals surface area contributed by atoms with Crippen LogP contribution in [0.4, 0.5) is 0 Å². The smallest absolute Gasteiger partial charge is 0.257 e. The molecule has 1 aliphatic carbocycles. The Kier molecular flexibility index (Phi) is 4.79. The van der Waals surface area contributed by atoms with Crippen LogP contribution in [-0.2, 0) is 10.2 Å². The van der Waals surface area contributed by atoms with E-state index in [-0.39, 0.29) is 17.9 Å². The second-order valence-corrected chi connectivity index (χ2v) is 6.68. The van der Waals surface area contributed by atoms with Gasteiger partial charge in [-0.25, -0.2) is 0 Å². The average Bonchev–Trinajstić information content (AvgIpc) is 3.34. The lowest BCUT2D eigenvalue weighted by molar-refractivity contribution is -0.123. The predicted octanol–water partition coefficient (Wildman–Crippen LogP) is 4.22. The summed E-state index contributed by atoms with van der Waals surface area (Å²) in [7, 11) is 0. The SMILES string of the molecule is O=C(COc1ccc(Cl)cc1)NCC1(c2ccc(Cl)cc2)CC1. The Labute approximate surface area is 145 Å². The summed E-state index contributed by atoms with van der Waals surface area (Å²) < 4.78 is 5.44. The Morgan fingerprint density at radius 2 is 1.57 bits per heavy atom. The van der Waals surface area contributed by atoms with Gasteiger partial charge in [0.1, 0.15) is 5.75 Å². The summed E-state index contributed by atoms with van der Waals surface area (Å²) in [5, 5.41) is 4.32. The number of carbonyl (C=O) groups is 1. The van der Waals surface area contributed by atoms with E-state index in [1.54, 1.807) is 24.3 Å². The van der Waals surface area contributed by atoms with Crippen LogP contribution in [0.2, 0.25) is 10.0 Å². The van der Waals surface area contributed by atoms with Crippen LogP contribution in [0.25, 0.3) is 0 Å². The first kappa shape index (κ1) is 16.2. The maximum absolute atomic E-state index is 12.0. The molecule has 3 nitrogen and oxygen atoms in total. The van der Waals surface area contributed by atoms with Crippen LogP contribution in [0, 0.1) is 0 Å². The molecule has 0 radical (unpaired) electrons. The highest BCUT2D eigenvalue weighted by molar-refractivity contribution is 6.30. The van der Waals surface area contributed by atoms with E-state index in [1.165, 1.54) is 5.56 Å². The van der Waals surface area contributed by atoms with E-state index in [0.717, 1.165) is 17.9 Å². The fourth-order valence-corrected chi connectivity index (χ4v) is 2.77. The zero-order valence-electron chi connectivity index (χ0n) is 12.5. The third-order valence-corrected chi connectivity index (χ3v) is 4.62. The summed E-state index contributed by atoms with van der Waals surface area (Å²) in [4.78, 5) is 12.0. The monoisotopic (exact) mass is 349 g/mol. The van der Waals surface area contributed by atoms with E-state index < -0.39 is 0 Å². The van der Waals surface area contributed by atoms with Gasteiger partial charge in [-0.15, -0.1) is 0 Å². The molecule has 2 aromatic carbocycles. The molecule has 0 spiro atoms. The predicted molar refractivity (Wildman–Crippen MR) is 92.3 cm³/mol. The van der Waals surface area contributed by atoms with E-state index in [9.17, 15) is 4.79 Å². The zero-order valence-corrected chi connectivity index (χ0v) is 14.0. The van der Waals surface area contributed by atoms with Crippen LogP contribution in [0.15, 0.2) is 48.5 Å². The number of benzene rings is 2. The molecule has 3 rings (SSSR count). The molecule has 0 heterocycles. The number of rotatable bonds is 6. The molecule has 0 unspecified atom stereocenters. The molecule has 1 amide bonds. The summed E-state index contributed by atoms with van der Waals surface area (Å²) >= 11 is 11.7. The summed E-state index contributed by atoms with van der Waals surface area (Å²) in [5.41, 5.74) is 1.28. The first-order chi connectivity index (χ1) is 11.1. The fourth-order valence-electron chi connectivity index (χ4n) is 2.52. The summed E-state index contributed by atoms with van der Waals surface area (Å²) in [6.07, 6.45) is 2.15. The number of amides is 1. The van der Waals surface area contributed by atoms with Gasteiger partial charge in [0, 0.05) is 22.0 Å². The first-order valence-electron chi connectivity index (χ1n) is 7.49. The topological polar surface area (TPSA) is 38.3 Å². The Morgan fingerprint density at radius 1 is 1.00 bits per heavy atom. The highest BCUT2D eigenvalue weighted by Crippen LogP contribution is 2.47. The van der Waals surface area contributed by atoms with E-state index in [4.69, 9.17) is 27.9 Å². The van der Waals surface area contributed by atoms with Crippen LogP contribution >= 0.6 is 23.2 Å². The van der Waals surface area contributed by atoms with Crippen LogP contribution in [-0.4, -0.2) is 19.1 Å². The van der Waals surface area contributed by atoms with Crippen LogP contribution in [0.1, 0.15) is 18.4 Å². The Morgan fingerprint density at radius 3 is 2.13 bits per heavy atom. The van der Waals surface area contributed by atoms with Gasteiger partial charge in [-0.1, -0.05) is 35.3 Å². The van der Waals surface area contributed by atoms with Gasteiger partial charge >= 0.3 is 0 Å². The Bertz CT molecular complexity index is 679. The van der Waals surface area contributed by atoms with Crippen molar-refractivity contribution in [2.24, 2.45) is 0 Å². The molecule has 5 heteroatoms. The van der Waals surface area contributed by atoms with Crippen molar-refractivity contribution >= 4 is 29.1 Å². The minimum atomic E-state index is -0.125. The van der Waals surface area contributed by atoms with Crippen molar-refractivity contribution in [3.05, 3.63) is 64.1 Å². The molecule has 2 aromatic rings. The second-order valence-electron chi connectivity index (χ2n) is 5.81. The van der Waals surface area contributed by atoms with Gasteiger partial charge < -0.3 is 10.1 Å². The second kappa shape index (κ2) is 6.81. The van der Waals surface area contributed by atoms with Crippen molar-refractivity contribution in [3.8, 4) is 5.75 Å². The van der Waals surface area contributed by atoms with Gasteiger partial charge in [-0.3, -0.25) is 4.79 Å². The van der Waals surface area contributed by atoms with Crippen molar-refractivity contribution in [1.82, 2.24) is 5.32 Å². The van der Waals surface area contributed by atoms with Gasteiger partial charge in [0.25, 0.3) is 5.91 Å². The van der Waals surface area contributed by atoms with Crippen LogP contribution in [0.3, 0.4) is 0 Å². The minimum absolute atomic E-state index is 0.00166. The molecular weight excluding hydrogens is 333 g/mol. The van der Waals surface area contributed by atoms with Gasteiger partial charge in [-0.2, -0.15) is 0 Å². The summed E-state index contributed by atoms with van der Waals surface area (Å²) in [5.74, 6) is 0.503. The lowest BCUT2D eigenvalue weighted by atomic mass is 9.96. The molecular formula is C18H17Cl2NO2. The number of ether oxygens (including phenoxy) is 1. The number of carbonyl (C=O) groups excluding carboxylic acids is 1. The normalized spacial score (nSPS) is 15.0. The molecule has 0 aromatic heterocycles. The summed E-state index contributed by atoms with van der Waals surface area (Å²) in [6, 6.07) is 14.8. The third kappa shape index (κ3) is 4.18. The number of nitrogens with one attached hydrogen (secondary N) is 1. The number of hydrogen-bond acceptors (Lipinski definition) is 2. The average molecular weight is 350 g/mol. The molecule has 0 atom stereocenters. The van der Waals surface area contributed by atoms with Crippen LogP contribution in [0.5, 0.6) is 5.75 Å². The summed E-state index contributed by atoms with van der Waals surface area (Å²) in [6.45, 7) is 0.621. The van der Waals surface area contributed by atoms with E-state index in [0.29, 0.717) is 17.3 Å². The largest absolute Gasteiger partial charge is 0.484 e. The van der Waals surface area contributed by atoms with Crippen molar-refractivity contribution in [3.63, 3.8) is 0 Å². The minimum Gasteiger partial charge on any atom is -0.484 e. The number of hydrogen-bond donors (Lipinski definition) is 1. The van der Waals surface area contributed by atoms with Crippen molar-refractivity contribution < 1.29 is 9.53 Å². The van der Waals surface area contributed by atoms with Crippen molar-refractivity contribution in [2.75, 3.05) is 13.2 Å². The molecule has 0 aliphatic heterocycles. The standard InChI is InChI=1S/C18H17Cl2NO2/c19-14-3-1-13(2-4-14)18(9-10-18)12-21-17(22)11-23-16-7-5-15(20)6-8-16/h1-8H,9-12H2,(H,21,22). The molecule has 1 saturated carbocycles. The maximum Gasteiger partial charge on any atom is 0.257 e. The quantitative estimate of drug-likeness (QED) is 0.847. The molecule has 1 N–H and O–H groups in total. The molecule has 0 bridgehead atoms. The maximum atomic E-state index is 12.0. The third-order valence-electron chi connectivity index (χ3n) is 4.12. The van der Waals surface area contributed by atoms with Crippen LogP contribution < -0.4 is 10.1 Å². The highest BCUT2D eigenvalue weighted by Gasteiger charge is 2.44. The molecule has 120 valence electrons. The van der Waals surface area contributed by atoms with E-state index >= 15 is 0 Å². The van der Waals surface area contributed by atoms with Gasteiger partial charge in [0.05, 0.1) is 0 Å². The van der Waals surface area contributed by atoms with E-state index in [1.807, 2.05) is 24.3 Å². The van der Waals surface area contributed by atoms with Gasteiger partial charge in [0.2, 0.25) is 0 Å².